The topological polar surface area (TPSA) is 107 Å². The summed E-state index contributed by atoms with van der Waals surface area (Å²) >= 11 is 5.65. The van der Waals surface area contributed by atoms with Crippen molar-refractivity contribution in [2.24, 2.45) is 0 Å². The van der Waals surface area contributed by atoms with E-state index in [1.165, 1.54) is 6.07 Å². The molecule has 1 saturated heterocycles. The average Bonchev–Trinajstić information content (AvgIpc) is 2.67. The number of nitrogens with zero attached hydrogens (tertiary/aromatic N) is 1. The number of rotatable bonds is 4. The number of phenols is 1. The third-order valence-corrected chi connectivity index (χ3v) is 6.71. The molecule has 1 amide bonds. The van der Waals surface area contributed by atoms with E-state index in [9.17, 15) is 36.6 Å². The average molecular weight is 465 g/mol. The molecular formula is C18H16ClF3N2O5S. The summed E-state index contributed by atoms with van der Waals surface area (Å²) in [6.45, 7) is -1.65. The summed E-state index contributed by atoms with van der Waals surface area (Å²) in [5.41, 5.74) is -0.0656. The summed E-state index contributed by atoms with van der Waals surface area (Å²) in [5, 5.41) is 21.5. The van der Waals surface area contributed by atoms with Gasteiger partial charge in [0.15, 0.2) is 0 Å². The Kier molecular flexibility index (Phi) is 6.01. The van der Waals surface area contributed by atoms with Gasteiger partial charge in [-0.05, 0) is 42.8 Å². The second-order valence-electron chi connectivity index (χ2n) is 6.67. The van der Waals surface area contributed by atoms with Crippen LogP contribution in [0.3, 0.4) is 0 Å². The fraction of sp³-hybridized carbons (Fsp3) is 0.278. The molecule has 3 rings (SSSR count). The lowest BCUT2D eigenvalue weighted by molar-refractivity contribution is -0.136. The van der Waals surface area contributed by atoms with E-state index in [4.69, 9.17) is 11.6 Å². The Hall–Kier alpha value is -2.34. The van der Waals surface area contributed by atoms with Gasteiger partial charge in [0.05, 0.1) is 11.6 Å². The molecule has 2 aromatic carbocycles. The molecular weight excluding hydrogens is 449 g/mol. The predicted molar refractivity (Wildman–Crippen MR) is 102 cm³/mol. The van der Waals surface area contributed by atoms with E-state index < -0.39 is 57.4 Å². The van der Waals surface area contributed by atoms with Crippen molar-refractivity contribution < 1.29 is 36.6 Å². The zero-order valence-electron chi connectivity index (χ0n) is 15.1. The van der Waals surface area contributed by atoms with E-state index in [2.05, 4.69) is 5.32 Å². The van der Waals surface area contributed by atoms with Crippen molar-refractivity contribution >= 4 is 33.2 Å². The Bertz CT molecular complexity index is 1100. The van der Waals surface area contributed by atoms with Gasteiger partial charge in [0, 0.05) is 17.8 Å². The maximum atomic E-state index is 13.8. The maximum absolute atomic E-state index is 13.8. The molecule has 2 aromatic rings. The summed E-state index contributed by atoms with van der Waals surface area (Å²) < 4.78 is 66.8. The number of nitrogens with one attached hydrogen (secondary N) is 1. The number of aromatic hydroxyl groups is 1. The molecule has 1 heterocycles. The van der Waals surface area contributed by atoms with Gasteiger partial charge in [-0.2, -0.15) is 4.31 Å². The lowest BCUT2D eigenvalue weighted by atomic mass is 10.1. The van der Waals surface area contributed by atoms with Gasteiger partial charge in [-0.3, -0.25) is 4.79 Å². The van der Waals surface area contributed by atoms with E-state index in [-0.39, 0.29) is 22.8 Å². The van der Waals surface area contributed by atoms with Gasteiger partial charge in [-0.15, -0.1) is 0 Å². The number of amides is 1. The molecule has 0 bridgehead atoms. The standard InChI is InChI=1S/C18H16ClF3N2O5S/c19-12-8-11(2-3-13(12)20)23-17(27)10-1-4-14(25)15(7-10)30(28,29)24-6-5-16(26)18(21,22)9-24/h1-4,7-8,16,25-26H,5-6,9H2,(H,23,27). The number of hydrogen-bond acceptors (Lipinski definition) is 5. The third kappa shape index (κ3) is 4.38. The lowest BCUT2D eigenvalue weighted by Gasteiger charge is -2.35. The molecule has 0 saturated carbocycles. The van der Waals surface area contributed by atoms with Crippen molar-refractivity contribution in [2.75, 3.05) is 18.4 Å². The molecule has 0 radical (unpaired) electrons. The molecule has 1 fully saturated rings. The Labute approximate surface area is 174 Å². The number of hydrogen-bond donors (Lipinski definition) is 3. The van der Waals surface area contributed by atoms with Crippen LogP contribution in [0, 0.1) is 5.82 Å². The van der Waals surface area contributed by atoms with Gasteiger partial charge in [0.2, 0.25) is 10.0 Å². The fourth-order valence-corrected chi connectivity index (χ4v) is 4.64. The summed E-state index contributed by atoms with van der Waals surface area (Å²) in [5.74, 6) is -5.88. The van der Waals surface area contributed by atoms with Crippen molar-refractivity contribution in [1.82, 2.24) is 4.31 Å². The van der Waals surface area contributed by atoms with Crippen LogP contribution in [0.15, 0.2) is 41.3 Å². The normalized spacial score (nSPS) is 19.4. The quantitative estimate of drug-likeness (QED) is 0.645. The number of sulfonamides is 1. The molecule has 1 aliphatic rings. The number of carbonyl (C=O) groups excluding carboxylic acids is 1. The third-order valence-electron chi connectivity index (χ3n) is 4.54. The van der Waals surface area contributed by atoms with Gasteiger partial charge < -0.3 is 15.5 Å². The van der Waals surface area contributed by atoms with Crippen LogP contribution in [-0.2, 0) is 10.0 Å². The molecule has 0 aliphatic carbocycles. The second-order valence-corrected chi connectivity index (χ2v) is 8.98. The van der Waals surface area contributed by atoms with Crippen molar-refractivity contribution in [3.63, 3.8) is 0 Å². The number of benzene rings is 2. The van der Waals surface area contributed by atoms with Crippen LogP contribution in [0.1, 0.15) is 16.8 Å². The Morgan fingerprint density at radius 2 is 1.93 bits per heavy atom. The van der Waals surface area contributed by atoms with E-state index in [1.54, 1.807) is 0 Å². The maximum Gasteiger partial charge on any atom is 0.286 e. The van der Waals surface area contributed by atoms with Crippen LogP contribution < -0.4 is 5.32 Å². The summed E-state index contributed by atoms with van der Waals surface area (Å²) in [4.78, 5) is 11.7. The number of aliphatic hydroxyl groups excluding tert-OH is 1. The zero-order chi connectivity index (χ0) is 22.3. The molecule has 30 heavy (non-hydrogen) atoms. The number of anilines is 1. The van der Waals surface area contributed by atoms with Gasteiger partial charge in [0.1, 0.15) is 22.6 Å². The van der Waals surface area contributed by atoms with Crippen LogP contribution in [-0.4, -0.2) is 54.0 Å². The minimum Gasteiger partial charge on any atom is -0.507 e. The van der Waals surface area contributed by atoms with Crippen LogP contribution in [0.2, 0.25) is 5.02 Å². The Balaban J connectivity index is 1.89. The molecule has 162 valence electrons. The first kappa shape index (κ1) is 22.3. The number of aliphatic hydroxyl groups is 1. The number of piperidine rings is 1. The van der Waals surface area contributed by atoms with Gasteiger partial charge >= 0.3 is 0 Å². The highest BCUT2D eigenvalue weighted by Crippen LogP contribution is 2.34. The molecule has 7 nitrogen and oxygen atoms in total. The first-order valence-electron chi connectivity index (χ1n) is 8.57. The van der Waals surface area contributed by atoms with E-state index >= 15 is 0 Å². The largest absolute Gasteiger partial charge is 0.507 e. The number of phenolic OH excluding ortho intramolecular Hbond substituents is 1. The first-order valence-corrected chi connectivity index (χ1v) is 10.4. The summed E-state index contributed by atoms with van der Waals surface area (Å²) in [7, 11) is -4.59. The molecule has 1 aliphatic heterocycles. The van der Waals surface area contributed by atoms with E-state index in [1.807, 2.05) is 0 Å². The monoisotopic (exact) mass is 464 g/mol. The van der Waals surface area contributed by atoms with Gasteiger partial charge in [0.25, 0.3) is 11.8 Å². The Morgan fingerprint density at radius 1 is 1.23 bits per heavy atom. The molecule has 12 heteroatoms. The molecule has 1 atom stereocenters. The Morgan fingerprint density at radius 3 is 2.57 bits per heavy atom. The zero-order valence-corrected chi connectivity index (χ0v) is 16.7. The highest BCUT2D eigenvalue weighted by molar-refractivity contribution is 7.89. The number of halogens is 4. The van der Waals surface area contributed by atoms with Crippen LogP contribution in [0.5, 0.6) is 5.75 Å². The molecule has 1 unspecified atom stereocenters. The van der Waals surface area contributed by atoms with Crippen LogP contribution >= 0.6 is 11.6 Å². The fourth-order valence-electron chi connectivity index (χ4n) is 2.88. The minimum atomic E-state index is -4.59. The van der Waals surface area contributed by atoms with E-state index in [0.29, 0.717) is 4.31 Å². The number of carbonyl (C=O) groups is 1. The lowest BCUT2D eigenvalue weighted by Crippen LogP contribution is -2.53. The molecule has 3 N–H and O–H groups in total. The van der Waals surface area contributed by atoms with Crippen LogP contribution in [0.4, 0.5) is 18.9 Å². The summed E-state index contributed by atoms with van der Waals surface area (Å²) in [6, 6.07) is 6.32. The highest BCUT2D eigenvalue weighted by atomic mass is 35.5. The van der Waals surface area contributed by atoms with Crippen LogP contribution in [0.25, 0.3) is 0 Å². The first-order chi connectivity index (χ1) is 13.9. The number of alkyl halides is 2. The SMILES string of the molecule is O=C(Nc1ccc(F)c(Cl)c1)c1ccc(O)c(S(=O)(=O)N2CCC(O)C(F)(F)C2)c1. The van der Waals surface area contributed by atoms with E-state index in [0.717, 1.165) is 30.3 Å². The van der Waals surface area contributed by atoms with Crippen molar-refractivity contribution in [2.45, 2.75) is 23.3 Å². The van der Waals surface area contributed by atoms with Gasteiger partial charge in [-0.1, -0.05) is 11.6 Å². The summed E-state index contributed by atoms with van der Waals surface area (Å²) in [6.07, 6.45) is -2.46. The molecule has 0 aromatic heterocycles. The second kappa shape index (κ2) is 8.06. The smallest absolute Gasteiger partial charge is 0.286 e. The molecule has 0 spiro atoms. The highest BCUT2D eigenvalue weighted by Gasteiger charge is 2.47. The van der Waals surface area contributed by atoms with Gasteiger partial charge in [-0.25, -0.2) is 21.6 Å². The predicted octanol–water partition coefficient (Wildman–Crippen LogP) is 2.83. The van der Waals surface area contributed by atoms with Crippen molar-refractivity contribution in [3.05, 3.63) is 52.8 Å². The van der Waals surface area contributed by atoms with Crippen molar-refractivity contribution in [1.29, 1.82) is 0 Å². The minimum absolute atomic E-state index is 0.133. The van der Waals surface area contributed by atoms with Crippen molar-refractivity contribution in [3.8, 4) is 5.75 Å².